The first-order chi connectivity index (χ1) is 14.2. The maximum absolute atomic E-state index is 13.3. The van der Waals surface area contributed by atoms with E-state index in [2.05, 4.69) is 44.7 Å². The summed E-state index contributed by atoms with van der Waals surface area (Å²) in [6, 6.07) is 10.4. The van der Waals surface area contributed by atoms with Crippen molar-refractivity contribution in [1.82, 2.24) is 20.4 Å². The van der Waals surface area contributed by atoms with Crippen LogP contribution < -0.4 is 10.6 Å². The average Bonchev–Trinajstić information content (AvgIpc) is 3.45. The summed E-state index contributed by atoms with van der Waals surface area (Å²) >= 11 is 0. The van der Waals surface area contributed by atoms with Crippen LogP contribution in [-0.4, -0.2) is 66.4 Å². The second-order valence-corrected chi connectivity index (χ2v) is 8.80. The molecule has 0 radical (unpaired) electrons. The number of likely N-dealkylation sites (tertiary alicyclic amines) is 2. The highest BCUT2D eigenvalue weighted by atomic mass is 35.5. The highest BCUT2D eigenvalue weighted by molar-refractivity contribution is 5.85. The van der Waals surface area contributed by atoms with Crippen LogP contribution in [0.2, 0.25) is 0 Å². The molecule has 3 fully saturated rings. The standard InChI is InChI=1S/C23H34N4O2.2ClH/c28-22(20-10-4-12-24-20)25-15-19-9-5-14-27(17-19)23(29)21-11-6-13-26(21)16-18-7-2-1-3-8-18;;/h1-3,7-8,19-21,24H,4-6,9-17H2,(H,25,28);2*1H. The van der Waals surface area contributed by atoms with Crippen molar-refractivity contribution in [2.45, 2.75) is 57.2 Å². The van der Waals surface area contributed by atoms with Crippen LogP contribution in [0.3, 0.4) is 0 Å². The summed E-state index contributed by atoms with van der Waals surface area (Å²) in [6.45, 7) is 5.08. The molecule has 0 aromatic heterocycles. The smallest absolute Gasteiger partial charge is 0.239 e. The van der Waals surface area contributed by atoms with Crippen LogP contribution in [0.4, 0.5) is 0 Å². The zero-order valence-electron chi connectivity index (χ0n) is 18.1. The summed E-state index contributed by atoms with van der Waals surface area (Å²) in [5.74, 6) is 0.768. The molecule has 31 heavy (non-hydrogen) atoms. The Bertz CT molecular complexity index is 700. The van der Waals surface area contributed by atoms with E-state index >= 15 is 0 Å². The highest BCUT2D eigenvalue weighted by Gasteiger charge is 2.35. The van der Waals surface area contributed by atoms with E-state index in [4.69, 9.17) is 0 Å². The van der Waals surface area contributed by atoms with Gasteiger partial charge in [0.25, 0.3) is 0 Å². The Morgan fingerprint density at radius 3 is 2.52 bits per heavy atom. The van der Waals surface area contributed by atoms with Gasteiger partial charge in [-0.15, -0.1) is 24.8 Å². The fourth-order valence-electron chi connectivity index (χ4n) is 5.03. The first-order valence-corrected chi connectivity index (χ1v) is 11.3. The number of carbonyl (C=O) groups is 2. The molecule has 2 N–H and O–H groups in total. The lowest BCUT2D eigenvalue weighted by molar-refractivity contribution is -0.138. The molecule has 3 aliphatic rings. The number of rotatable bonds is 6. The van der Waals surface area contributed by atoms with Gasteiger partial charge in [0.05, 0.1) is 12.1 Å². The predicted molar refractivity (Wildman–Crippen MR) is 128 cm³/mol. The Morgan fingerprint density at radius 2 is 1.77 bits per heavy atom. The Balaban J connectivity index is 0.00000171. The summed E-state index contributed by atoms with van der Waals surface area (Å²) in [5, 5.41) is 6.37. The van der Waals surface area contributed by atoms with E-state index in [0.717, 1.165) is 71.2 Å². The molecule has 3 unspecified atom stereocenters. The number of carbonyl (C=O) groups excluding carboxylic acids is 2. The first kappa shape index (κ1) is 25.9. The van der Waals surface area contributed by atoms with Crippen molar-refractivity contribution in [2.24, 2.45) is 5.92 Å². The van der Waals surface area contributed by atoms with E-state index in [-0.39, 0.29) is 48.7 Å². The molecule has 0 bridgehead atoms. The van der Waals surface area contributed by atoms with Crippen molar-refractivity contribution in [2.75, 3.05) is 32.7 Å². The van der Waals surface area contributed by atoms with Crippen LogP contribution in [0, 0.1) is 5.92 Å². The zero-order valence-corrected chi connectivity index (χ0v) is 19.8. The molecule has 0 aliphatic carbocycles. The molecule has 3 saturated heterocycles. The van der Waals surface area contributed by atoms with E-state index in [1.807, 2.05) is 6.07 Å². The van der Waals surface area contributed by atoms with Crippen LogP contribution in [-0.2, 0) is 16.1 Å². The number of benzene rings is 1. The maximum Gasteiger partial charge on any atom is 0.239 e. The molecule has 8 heteroatoms. The summed E-state index contributed by atoms with van der Waals surface area (Å²) in [4.78, 5) is 29.9. The molecule has 3 atom stereocenters. The molecule has 1 aromatic carbocycles. The van der Waals surface area contributed by atoms with Crippen LogP contribution in [0.15, 0.2) is 30.3 Å². The molecule has 3 heterocycles. The van der Waals surface area contributed by atoms with E-state index < -0.39 is 0 Å². The number of amides is 2. The van der Waals surface area contributed by atoms with Gasteiger partial charge in [-0.05, 0) is 63.1 Å². The maximum atomic E-state index is 13.3. The molecule has 0 spiro atoms. The molecular weight excluding hydrogens is 435 g/mol. The van der Waals surface area contributed by atoms with Gasteiger partial charge in [0, 0.05) is 26.2 Å². The Labute approximate surface area is 198 Å². The van der Waals surface area contributed by atoms with Crippen molar-refractivity contribution in [1.29, 1.82) is 0 Å². The van der Waals surface area contributed by atoms with E-state index in [9.17, 15) is 9.59 Å². The number of halogens is 2. The van der Waals surface area contributed by atoms with Crippen LogP contribution in [0.5, 0.6) is 0 Å². The molecule has 0 saturated carbocycles. The van der Waals surface area contributed by atoms with E-state index in [1.165, 1.54) is 5.56 Å². The van der Waals surface area contributed by atoms with Gasteiger partial charge in [-0.1, -0.05) is 30.3 Å². The average molecular weight is 471 g/mol. The summed E-state index contributed by atoms with van der Waals surface area (Å²) < 4.78 is 0. The van der Waals surface area contributed by atoms with Crippen molar-refractivity contribution in [3.8, 4) is 0 Å². The number of hydrogen-bond donors (Lipinski definition) is 2. The number of piperidine rings is 1. The molecule has 174 valence electrons. The lowest BCUT2D eigenvalue weighted by Crippen LogP contribution is -2.51. The number of nitrogens with one attached hydrogen (secondary N) is 2. The van der Waals surface area contributed by atoms with Gasteiger partial charge >= 0.3 is 0 Å². The van der Waals surface area contributed by atoms with Gasteiger partial charge < -0.3 is 15.5 Å². The van der Waals surface area contributed by atoms with Gasteiger partial charge in [0.15, 0.2) is 0 Å². The van der Waals surface area contributed by atoms with Crippen molar-refractivity contribution >= 4 is 36.6 Å². The third-order valence-corrected chi connectivity index (χ3v) is 6.65. The van der Waals surface area contributed by atoms with Gasteiger partial charge in [0.1, 0.15) is 0 Å². The quantitative estimate of drug-likeness (QED) is 0.670. The molecule has 1 aromatic rings. The van der Waals surface area contributed by atoms with Crippen molar-refractivity contribution in [3.05, 3.63) is 35.9 Å². The van der Waals surface area contributed by atoms with Gasteiger partial charge in [-0.2, -0.15) is 0 Å². The molecule has 3 aliphatic heterocycles. The van der Waals surface area contributed by atoms with Crippen molar-refractivity contribution < 1.29 is 9.59 Å². The Kier molecular flexibility index (Phi) is 10.6. The normalized spacial score (nSPS) is 26.1. The largest absolute Gasteiger partial charge is 0.354 e. The second kappa shape index (κ2) is 12.6. The van der Waals surface area contributed by atoms with Gasteiger partial charge in [0.2, 0.25) is 11.8 Å². The van der Waals surface area contributed by atoms with E-state index in [1.54, 1.807) is 0 Å². The minimum absolute atomic E-state index is 0. The Morgan fingerprint density at radius 1 is 1.00 bits per heavy atom. The van der Waals surface area contributed by atoms with Crippen LogP contribution in [0.25, 0.3) is 0 Å². The predicted octanol–water partition coefficient (Wildman–Crippen LogP) is 2.60. The van der Waals surface area contributed by atoms with Crippen LogP contribution >= 0.6 is 24.8 Å². The summed E-state index contributed by atoms with van der Waals surface area (Å²) in [7, 11) is 0. The SMILES string of the molecule is Cl.Cl.O=C(NCC1CCCN(C(=O)C2CCCN2Cc2ccccc2)C1)C1CCCN1. The zero-order chi connectivity index (χ0) is 20.1. The third-order valence-electron chi connectivity index (χ3n) is 6.65. The lowest BCUT2D eigenvalue weighted by atomic mass is 9.97. The first-order valence-electron chi connectivity index (χ1n) is 11.3. The molecule has 2 amide bonds. The molecule has 4 rings (SSSR count). The summed E-state index contributed by atoms with van der Waals surface area (Å²) in [5.41, 5.74) is 1.27. The van der Waals surface area contributed by atoms with Crippen LogP contribution in [0.1, 0.15) is 44.1 Å². The highest BCUT2D eigenvalue weighted by Crippen LogP contribution is 2.24. The second-order valence-electron chi connectivity index (χ2n) is 8.80. The topological polar surface area (TPSA) is 64.7 Å². The number of hydrogen-bond acceptors (Lipinski definition) is 4. The van der Waals surface area contributed by atoms with E-state index in [0.29, 0.717) is 12.5 Å². The lowest BCUT2D eigenvalue weighted by Gasteiger charge is -2.36. The fourth-order valence-corrected chi connectivity index (χ4v) is 5.03. The van der Waals surface area contributed by atoms with Crippen molar-refractivity contribution in [3.63, 3.8) is 0 Å². The molecule has 6 nitrogen and oxygen atoms in total. The summed E-state index contributed by atoms with van der Waals surface area (Å²) in [6.07, 6.45) is 6.16. The van der Waals surface area contributed by atoms with Gasteiger partial charge in [-0.3, -0.25) is 14.5 Å². The molecular formula is C23H36Cl2N4O2. The van der Waals surface area contributed by atoms with Gasteiger partial charge in [-0.25, -0.2) is 0 Å². The number of nitrogens with zero attached hydrogens (tertiary/aromatic N) is 2. The monoisotopic (exact) mass is 470 g/mol. The Hall–Kier alpha value is -1.34. The fraction of sp³-hybridized carbons (Fsp3) is 0.652. The minimum atomic E-state index is -0.0265. The minimum Gasteiger partial charge on any atom is -0.354 e. The third kappa shape index (κ3) is 6.82.